The van der Waals surface area contributed by atoms with Gasteiger partial charge in [-0.25, -0.2) is 13.6 Å². The predicted molar refractivity (Wildman–Crippen MR) is 86.0 cm³/mol. The van der Waals surface area contributed by atoms with E-state index in [1.807, 2.05) is 0 Å². The lowest BCUT2D eigenvalue weighted by molar-refractivity contribution is 0.597. The zero-order valence-electron chi connectivity index (χ0n) is 11.6. The third-order valence-electron chi connectivity index (χ3n) is 3.85. The topological polar surface area (TPSA) is 89.4 Å². The van der Waals surface area contributed by atoms with Gasteiger partial charge in [-0.15, -0.1) is 11.3 Å². The molecule has 1 aromatic heterocycles. The first-order chi connectivity index (χ1) is 9.86. The minimum Gasteiger partial charge on any atom is -0.399 e. The number of fused-ring (bicyclic) bond motifs is 1. The van der Waals surface area contributed by atoms with Gasteiger partial charge >= 0.3 is 0 Å². The molecule has 0 aliphatic carbocycles. The van der Waals surface area contributed by atoms with Crippen molar-refractivity contribution in [1.82, 2.24) is 0 Å². The lowest BCUT2D eigenvalue weighted by Crippen LogP contribution is -2.33. The average molecular weight is 323 g/mol. The number of thiophene rings is 1. The average Bonchev–Trinajstić information content (AvgIpc) is 2.86. The number of benzene rings is 1. The Morgan fingerprint density at radius 2 is 2.10 bits per heavy atom. The summed E-state index contributed by atoms with van der Waals surface area (Å²) in [6.07, 6.45) is 0.955. The van der Waals surface area contributed by atoms with Gasteiger partial charge < -0.3 is 10.6 Å². The SMILES string of the molecule is CC1c2ccsc2CCN1c1cc(N)cc(S(N)(=O)=O)c1. The Morgan fingerprint density at radius 3 is 2.81 bits per heavy atom. The van der Waals surface area contributed by atoms with Crippen LogP contribution in [0, 0.1) is 0 Å². The highest BCUT2D eigenvalue weighted by Crippen LogP contribution is 2.37. The molecule has 0 amide bonds. The van der Waals surface area contributed by atoms with Gasteiger partial charge in [0.15, 0.2) is 0 Å². The Kier molecular flexibility index (Phi) is 3.43. The van der Waals surface area contributed by atoms with Crippen LogP contribution in [0.1, 0.15) is 23.4 Å². The van der Waals surface area contributed by atoms with E-state index in [9.17, 15) is 8.42 Å². The van der Waals surface area contributed by atoms with Crippen molar-refractivity contribution < 1.29 is 8.42 Å². The minimum atomic E-state index is -3.76. The summed E-state index contributed by atoms with van der Waals surface area (Å²) in [7, 11) is -3.76. The van der Waals surface area contributed by atoms with Gasteiger partial charge in [0.1, 0.15) is 0 Å². The molecule has 0 fully saturated rings. The minimum absolute atomic E-state index is 0.0563. The van der Waals surface area contributed by atoms with Crippen molar-refractivity contribution in [3.63, 3.8) is 0 Å². The van der Waals surface area contributed by atoms with Gasteiger partial charge in [-0.05, 0) is 48.6 Å². The van der Waals surface area contributed by atoms with E-state index in [0.717, 1.165) is 18.7 Å². The Bertz CT molecular complexity index is 783. The Morgan fingerprint density at radius 1 is 1.33 bits per heavy atom. The number of rotatable bonds is 2. The summed E-state index contributed by atoms with van der Waals surface area (Å²) in [5.41, 5.74) is 8.33. The normalized spacial score (nSPS) is 18.6. The Balaban J connectivity index is 2.04. The molecule has 1 aliphatic rings. The first-order valence-corrected chi connectivity index (χ1v) is 9.05. The largest absolute Gasteiger partial charge is 0.399 e. The maximum absolute atomic E-state index is 11.6. The molecule has 0 spiro atoms. The van der Waals surface area contributed by atoms with Gasteiger partial charge in [-0.2, -0.15) is 0 Å². The zero-order valence-corrected chi connectivity index (χ0v) is 13.2. The number of nitrogen functional groups attached to an aromatic ring is 1. The lowest BCUT2D eigenvalue weighted by atomic mass is 10.0. The van der Waals surface area contributed by atoms with Crippen LogP contribution in [0.3, 0.4) is 0 Å². The molecule has 0 saturated carbocycles. The van der Waals surface area contributed by atoms with Gasteiger partial charge in [0.2, 0.25) is 10.0 Å². The van der Waals surface area contributed by atoms with Crippen LogP contribution in [0.4, 0.5) is 11.4 Å². The molecule has 3 rings (SSSR count). The monoisotopic (exact) mass is 323 g/mol. The number of primary sulfonamides is 1. The summed E-state index contributed by atoms with van der Waals surface area (Å²) in [6.45, 7) is 2.95. The number of nitrogens with zero attached hydrogens (tertiary/aromatic N) is 1. The van der Waals surface area contributed by atoms with E-state index in [-0.39, 0.29) is 10.9 Å². The van der Waals surface area contributed by atoms with Crippen LogP contribution < -0.4 is 15.8 Å². The summed E-state index contributed by atoms with van der Waals surface area (Å²) in [5, 5.41) is 7.32. The molecule has 0 bridgehead atoms. The lowest BCUT2D eigenvalue weighted by Gasteiger charge is -2.36. The van der Waals surface area contributed by atoms with Crippen LogP contribution in [-0.4, -0.2) is 15.0 Å². The van der Waals surface area contributed by atoms with Crippen molar-refractivity contribution in [3.8, 4) is 0 Å². The van der Waals surface area contributed by atoms with E-state index in [4.69, 9.17) is 10.9 Å². The van der Waals surface area contributed by atoms with E-state index in [1.165, 1.54) is 16.5 Å². The maximum Gasteiger partial charge on any atom is 0.238 e. The second kappa shape index (κ2) is 5.01. The second-order valence-corrected chi connectivity index (χ2v) is 7.79. The molecule has 5 nitrogen and oxygen atoms in total. The van der Waals surface area contributed by atoms with E-state index in [0.29, 0.717) is 5.69 Å². The van der Waals surface area contributed by atoms with Crippen molar-refractivity contribution in [2.45, 2.75) is 24.3 Å². The first-order valence-electron chi connectivity index (χ1n) is 6.62. The smallest absolute Gasteiger partial charge is 0.238 e. The van der Waals surface area contributed by atoms with Crippen LogP contribution in [0.2, 0.25) is 0 Å². The van der Waals surface area contributed by atoms with Crippen LogP contribution >= 0.6 is 11.3 Å². The highest BCUT2D eigenvalue weighted by Gasteiger charge is 2.25. The third kappa shape index (κ3) is 2.64. The Hall–Kier alpha value is -1.57. The molecule has 2 aromatic rings. The van der Waals surface area contributed by atoms with Gasteiger partial charge in [-0.3, -0.25) is 0 Å². The highest BCUT2D eigenvalue weighted by molar-refractivity contribution is 7.89. The molecule has 7 heteroatoms. The molecule has 4 N–H and O–H groups in total. The van der Waals surface area contributed by atoms with Crippen molar-refractivity contribution in [2.75, 3.05) is 17.2 Å². The molecule has 21 heavy (non-hydrogen) atoms. The number of hydrogen-bond acceptors (Lipinski definition) is 5. The molecular formula is C14H17N3O2S2. The number of hydrogen-bond donors (Lipinski definition) is 2. The standard InChI is InChI=1S/C14H17N3O2S2/c1-9-13-3-5-20-14(13)2-4-17(9)11-6-10(15)7-12(8-11)21(16,18)19/h3,5-9H,2,4,15H2,1H3,(H2,16,18,19). The summed E-state index contributed by atoms with van der Waals surface area (Å²) in [5.74, 6) is 0. The number of nitrogens with two attached hydrogens (primary N) is 2. The number of sulfonamides is 1. The Labute approximate surface area is 128 Å². The van der Waals surface area contributed by atoms with E-state index in [1.54, 1.807) is 23.5 Å². The molecule has 1 atom stereocenters. The molecule has 1 aliphatic heterocycles. The van der Waals surface area contributed by atoms with Crippen LogP contribution in [-0.2, 0) is 16.4 Å². The predicted octanol–water partition coefficient (Wildman–Crippen LogP) is 2.10. The van der Waals surface area contributed by atoms with Crippen molar-refractivity contribution in [1.29, 1.82) is 0 Å². The maximum atomic E-state index is 11.6. The molecular weight excluding hydrogens is 306 g/mol. The number of anilines is 2. The van der Waals surface area contributed by atoms with Gasteiger partial charge in [0.05, 0.1) is 10.9 Å². The molecule has 0 saturated heterocycles. The molecule has 0 radical (unpaired) electrons. The summed E-state index contributed by atoms with van der Waals surface area (Å²) in [4.78, 5) is 3.62. The van der Waals surface area contributed by atoms with Crippen LogP contribution in [0.15, 0.2) is 34.5 Å². The van der Waals surface area contributed by atoms with Gasteiger partial charge in [0, 0.05) is 22.8 Å². The molecule has 1 unspecified atom stereocenters. The molecule has 1 aromatic carbocycles. The van der Waals surface area contributed by atoms with Gasteiger partial charge in [-0.1, -0.05) is 0 Å². The van der Waals surface area contributed by atoms with E-state index >= 15 is 0 Å². The fraction of sp³-hybridized carbons (Fsp3) is 0.286. The van der Waals surface area contributed by atoms with Crippen molar-refractivity contribution >= 4 is 32.7 Å². The van der Waals surface area contributed by atoms with Gasteiger partial charge in [0.25, 0.3) is 0 Å². The molecule has 112 valence electrons. The quantitative estimate of drug-likeness (QED) is 0.828. The fourth-order valence-corrected chi connectivity index (χ4v) is 4.35. The molecule has 2 heterocycles. The van der Waals surface area contributed by atoms with E-state index < -0.39 is 10.0 Å². The first kappa shape index (κ1) is 14.4. The summed E-state index contributed by atoms with van der Waals surface area (Å²) in [6, 6.07) is 7.10. The van der Waals surface area contributed by atoms with E-state index in [2.05, 4.69) is 23.3 Å². The second-order valence-electron chi connectivity index (χ2n) is 5.22. The highest BCUT2D eigenvalue weighted by atomic mass is 32.2. The van der Waals surface area contributed by atoms with Crippen LogP contribution in [0.5, 0.6) is 0 Å². The fourth-order valence-electron chi connectivity index (χ4n) is 2.80. The zero-order chi connectivity index (χ0) is 15.2. The van der Waals surface area contributed by atoms with Crippen molar-refractivity contribution in [2.24, 2.45) is 5.14 Å². The third-order valence-corrected chi connectivity index (χ3v) is 5.74. The van der Waals surface area contributed by atoms with Crippen LogP contribution in [0.25, 0.3) is 0 Å². The summed E-state index contributed by atoms with van der Waals surface area (Å²) < 4.78 is 23.1. The van der Waals surface area contributed by atoms with Crippen molar-refractivity contribution in [3.05, 3.63) is 40.1 Å². The summed E-state index contributed by atoms with van der Waals surface area (Å²) >= 11 is 1.77.